The van der Waals surface area contributed by atoms with Gasteiger partial charge in [-0.1, -0.05) is 11.2 Å². The summed E-state index contributed by atoms with van der Waals surface area (Å²) in [5.74, 6) is 2.28. The number of methoxy groups -OCH3 is 2. The fourth-order valence-corrected chi connectivity index (χ4v) is 2.60. The highest BCUT2D eigenvalue weighted by atomic mass is 127. The van der Waals surface area contributed by atoms with Gasteiger partial charge in [0.1, 0.15) is 0 Å². The van der Waals surface area contributed by atoms with Gasteiger partial charge in [-0.05, 0) is 59.0 Å². The van der Waals surface area contributed by atoms with Crippen LogP contribution in [-0.2, 0) is 0 Å². The van der Waals surface area contributed by atoms with Crippen molar-refractivity contribution in [1.82, 2.24) is 10.1 Å². The van der Waals surface area contributed by atoms with Crippen LogP contribution in [0.1, 0.15) is 0 Å². The molecule has 2 aromatic carbocycles. The fraction of sp³-hybridized carbons (Fsp3) is 0.125. The summed E-state index contributed by atoms with van der Waals surface area (Å²) in [4.78, 5) is 4.45. The van der Waals surface area contributed by atoms with Gasteiger partial charge in [-0.2, -0.15) is 4.98 Å². The summed E-state index contributed by atoms with van der Waals surface area (Å²) < 4.78 is 17.0. The second-order valence-electron chi connectivity index (χ2n) is 4.50. The van der Waals surface area contributed by atoms with Crippen LogP contribution in [0.5, 0.6) is 11.5 Å². The second-order valence-corrected chi connectivity index (χ2v) is 5.75. The van der Waals surface area contributed by atoms with Crippen molar-refractivity contribution in [2.45, 2.75) is 0 Å². The van der Waals surface area contributed by atoms with Gasteiger partial charge in [-0.3, -0.25) is 0 Å². The summed E-state index contributed by atoms with van der Waals surface area (Å²) in [7, 11) is 3.19. The number of aromatic nitrogens is 2. The first kappa shape index (κ1) is 14.8. The molecule has 0 bridgehead atoms. The lowest BCUT2D eigenvalue weighted by atomic mass is 10.2. The minimum atomic E-state index is 0.489. The minimum Gasteiger partial charge on any atom is -0.493 e. The van der Waals surface area contributed by atoms with E-state index >= 15 is 0 Å². The van der Waals surface area contributed by atoms with Crippen molar-refractivity contribution >= 4 is 22.6 Å². The fourth-order valence-electron chi connectivity index (χ4n) is 2.05. The molecule has 0 aliphatic heterocycles. The Bertz CT molecular complexity index is 802. The van der Waals surface area contributed by atoms with Gasteiger partial charge in [0.15, 0.2) is 11.5 Å². The van der Waals surface area contributed by atoms with Crippen LogP contribution in [0.4, 0.5) is 0 Å². The summed E-state index contributed by atoms with van der Waals surface area (Å²) in [6.45, 7) is 0. The second kappa shape index (κ2) is 6.35. The van der Waals surface area contributed by atoms with E-state index in [9.17, 15) is 0 Å². The zero-order valence-corrected chi connectivity index (χ0v) is 14.2. The van der Waals surface area contributed by atoms with Crippen LogP contribution in [0.15, 0.2) is 47.0 Å². The Balaban J connectivity index is 1.97. The van der Waals surface area contributed by atoms with Gasteiger partial charge in [-0.15, -0.1) is 0 Å². The van der Waals surface area contributed by atoms with Crippen LogP contribution in [0.3, 0.4) is 0 Å². The predicted molar refractivity (Wildman–Crippen MR) is 91.0 cm³/mol. The number of nitrogens with zero attached hydrogens (tertiary/aromatic N) is 2. The Hall–Kier alpha value is -2.09. The first-order valence-corrected chi connectivity index (χ1v) is 7.61. The standard InChI is InChI=1S/C16H13IN2O3/c1-20-13-7-6-10(9-14(13)21-2)15-18-16(22-19-15)11-4-3-5-12(17)8-11/h3-9H,1-2H3. The molecule has 0 atom stereocenters. The largest absolute Gasteiger partial charge is 0.493 e. The topological polar surface area (TPSA) is 57.4 Å². The van der Waals surface area contributed by atoms with Gasteiger partial charge in [0.25, 0.3) is 5.89 Å². The number of benzene rings is 2. The van der Waals surface area contributed by atoms with E-state index in [2.05, 4.69) is 32.7 Å². The van der Waals surface area contributed by atoms with Crippen molar-refractivity contribution in [1.29, 1.82) is 0 Å². The van der Waals surface area contributed by atoms with Gasteiger partial charge >= 0.3 is 0 Å². The van der Waals surface area contributed by atoms with Crippen LogP contribution < -0.4 is 9.47 Å². The normalized spacial score (nSPS) is 10.5. The molecule has 5 nitrogen and oxygen atoms in total. The molecule has 0 aliphatic carbocycles. The highest BCUT2D eigenvalue weighted by Crippen LogP contribution is 2.32. The first-order chi connectivity index (χ1) is 10.7. The number of ether oxygens (including phenoxy) is 2. The molecule has 22 heavy (non-hydrogen) atoms. The van der Waals surface area contributed by atoms with Gasteiger partial charge in [0.2, 0.25) is 5.82 Å². The van der Waals surface area contributed by atoms with E-state index in [-0.39, 0.29) is 0 Å². The van der Waals surface area contributed by atoms with E-state index < -0.39 is 0 Å². The quantitative estimate of drug-likeness (QED) is 0.611. The summed E-state index contributed by atoms with van der Waals surface area (Å²) in [6.07, 6.45) is 0. The molecule has 0 N–H and O–H groups in total. The van der Waals surface area contributed by atoms with Crippen LogP contribution in [0, 0.1) is 3.57 Å². The lowest BCUT2D eigenvalue weighted by molar-refractivity contribution is 0.355. The van der Waals surface area contributed by atoms with Gasteiger partial charge in [-0.25, -0.2) is 0 Å². The summed E-state index contributed by atoms with van der Waals surface area (Å²) in [5.41, 5.74) is 1.70. The van der Waals surface area contributed by atoms with E-state index in [0.717, 1.165) is 14.7 Å². The molecule has 112 valence electrons. The van der Waals surface area contributed by atoms with E-state index in [4.69, 9.17) is 14.0 Å². The third-order valence-electron chi connectivity index (χ3n) is 3.14. The van der Waals surface area contributed by atoms with Gasteiger partial charge in [0.05, 0.1) is 14.2 Å². The maximum atomic E-state index is 5.35. The Morgan fingerprint density at radius 2 is 1.77 bits per heavy atom. The van der Waals surface area contributed by atoms with Crippen molar-refractivity contribution in [3.63, 3.8) is 0 Å². The Labute approximate surface area is 141 Å². The highest BCUT2D eigenvalue weighted by Gasteiger charge is 2.13. The highest BCUT2D eigenvalue weighted by molar-refractivity contribution is 14.1. The number of halogens is 1. The minimum absolute atomic E-state index is 0.489. The van der Waals surface area contributed by atoms with E-state index in [1.165, 1.54) is 0 Å². The molecule has 0 aliphatic rings. The third-order valence-corrected chi connectivity index (χ3v) is 3.81. The Morgan fingerprint density at radius 1 is 0.955 bits per heavy atom. The predicted octanol–water partition coefficient (Wildman–Crippen LogP) is 4.03. The van der Waals surface area contributed by atoms with Crippen LogP contribution >= 0.6 is 22.6 Å². The van der Waals surface area contributed by atoms with Gasteiger partial charge < -0.3 is 14.0 Å². The SMILES string of the molecule is COc1ccc(-c2noc(-c3cccc(I)c3)n2)cc1OC. The molecule has 3 aromatic rings. The van der Waals surface area contributed by atoms with Crippen molar-refractivity contribution in [2.75, 3.05) is 14.2 Å². The Morgan fingerprint density at radius 3 is 2.50 bits per heavy atom. The van der Waals surface area contributed by atoms with Crippen LogP contribution in [-0.4, -0.2) is 24.4 Å². The van der Waals surface area contributed by atoms with E-state index in [0.29, 0.717) is 23.2 Å². The molecule has 0 saturated heterocycles. The number of hydrogen-bond acceptors (Lipinski definition) is 5. The number of rotatable bonds is 4. The molecular weight excluding hydrogens is 395 g/mol. The zero-order valence-electron chi connectivity index (χ0n) is 12.0. The molecule has 0 saturated carbocycles. The molecule has 6 heteroatoms. The van der Waals surface area contributed by atoms with Crippen molar-refractivity contribution in [3.05, 3.63) is 46.0 Å². The van der Waals surface area contributed by atoms with E-state index in [1.54, 1.807) is 14.2 Å². The lowest BCUT2D eigenvalue weighted by Crippen LogP contribution is -1.91. The third kappa shape index (κ3) is 2.92. The maximum absolute atomic E-state index is 5.35. The molecular formula is C16H13IN2O3. The molecule has 0 spiro atoms. The lowest BCUT2D eigenvalue weighted by Gasteiger charge is -2.07. The maximum Gasteiger partial charge on any atom is 0.258 e. The Kier molecular flexibility index (Phi) is 4.28. The van der Waals surface area contributed by atoms with Crippen LogP contribution in [0.25, 0.3) is 22.8 Å². The average Bonchev–Trinajstić information content (AvgIpc) is 3.04. The first-order valence-electron chi connectivity index (χ1n) is 6.53. The van der Waals surface area contributed by atoms with Crippen molar-refractivity contribution in [3.8, 4) is 34.3 Å². The van der Waals surface area contributed by atoms with Crippen LogP contribution in [0.2, 0.25) is 0 Å². The molecule has 3 rings (SSSR count). The zero-order chi connectivity index (χ0) is 15.5. The molecule has 0 amide bonds. The average molecular weight is 408 g/mol. The monoisotopic (exact) mass is 408 g/mol. The smallest absolute Gasteiger partial charge is 0.258 e. The van der Waals surface area contributed by atoms with E-state index in [1.807, 2.05) is 42.5 Å². The molecule has 0 radical (unpaired) electrons. The summed E-state index contributed by atoms with van der Waals surface area (Å²) >= 11 is 2.25. The molecule has 0 unspecified atom stereocenters. The summed E-state index contributed by atoms with van der Waals surface area (Å²) in [5, 5.41) is 4.04. The molecule has 1 aromatic heterocycles. The molecule has 0 fully saturated rings. The number of hydrogen-bond donors (Lipinski definition) is 0. The summed E-state index contributed by atoms with van der Waals surface area (Å²) in [6, 6.07) is 13.4. The van der Waals surface area contributed by atoms with Gasteiger partial charge in [0, 0.05) is 14.7 Å². The van der Waals surface area contributed by atoms with Crippen molar-refractivity contribution < 1.29 is 14.0 Å². The molecule has 1 heterocycles. The van der Waals surface area contributed by atoms with Crippen molar-refractivity contribution in [2.24, 2.45) is 0 Å².